The van der Waals surface area contributed by atoms with Gasteiger partial charge in [0.1, 0.15) is 12.0 Å². The first kappa shape index (κ1) is 7.53. The molecule has 0 radical (unpaired) electrons. The van der Waals surface area contributed by atoms with Gasteiger partial charge in [-0.05, 0) is 6.08 Å². The molecule has 4 heteroatoms. The molecule has 58 valence electrons. The van der Waals surface area contributed by atoms with Crippen molar-refractivity contribution in [1.29, 1.82) is 0 Å². The van der Waals surface area contributed by atoms with Crippen LogP contribution in [0.15, 0.2) is 12.9 Å². The summed E-state index contributed by atoms with van der Waals surface area (Å²) in [5.41, 5.74) is 6.83. The lowest BCUT2D eigenvalue weighted by Crippen LogP contribution is -2.01. The Balaban J connectivity index is 3.20. The monoisotopic (exact) mass is 150 g/mol. The summed E-state index contributed by atoms with van der Waals surface area (Å²) in [7, 11) is 1.76. The number of hydrogen-bond donors (Lipinski definition) is 2. The predicted molar refractivity (Wildman–Crippen MR) is 46.1 cm³/mol. The molecule has 0 spiro atoms. The summed E-state index contributed by atoms with van der Waals surface area (Å²) in [4.78, 5) is 7.82. The molecule has 3 N–H and O–H groups in total. The maximum absolute atomic E-state index is 5.65. The van der Waals surface area contributed by atoms with E-state index in [1.165, 1.54) is 6.33 Å². The number of anilines is 2. The smallest absolute Gasteiger partial charge is 0.153 e. The Morgan fingerprint density at radius 1 is 1.64 bits per heavy atom. The Morgan fingerprint density at radius 2 is 2.36 bits per heavy atom. The summed E-state index contributed by atoms with van der Waals surface area (Å²) in [5.74, 6) is 0.634. The Hall–Kier alpha value is -1.58. The average molecular weight is 150 g/mol. The molecule has 4 nitrogen and oxygen atoms in total. The van der Waals surface area contributed by atoms with Crippen molar-refractivity contribution in [2.24, 2.45) is 0 Å². The van der Waals surface area contributed by atoms with Crippen molar-refractivity contribution < 1.29 is 0 Å². The molecule has 1 rings (SSSR count). The van der Waals surface area contributed by atoms with Gasteiger partial charge in [-0.2, -0.15) is 0 Å². The molecule has 0 aliphatic heterocycles. The Bertz CT molecular complexity index is 269. The minimum Gasteiger partial charge on any atom is -0.394 e. The fourth-order valence-electron chi connectivity index (χ4n) is 0.771. The molecule has 0 aliphatic rings. The summed E-state index contributed by atoms with van der Waals surface area (Å²) in [6.07, 6.45) is 3.04. The van der Waals surface area contributed by atoms with Gasteiger partial charge in [0.2, 0.25) is 0 Å². The fraction of sp³-hybridized carbons (Fsp3) is 0.143. The van der Waals surface area contributed by atoms with E-state index in [-0.39, 0.29) is 0 Å². The van der Waals surface area contributed by atoms with Crippen LogP contribution in [0.3, 0.4) is 0 Å². The lowest BCUT2D eigenvalue weighted by Gasteiger charge is -2.03. The van der Waals surface area contributed by atoms with E-state index in [1.54, 1.807) is 13.1 Å². The van der Waals surface area contributed by atoms with E-state index in [0.29, 0.717) is 17.2 Å². The summed E-state index contributed by atoms with van der Waals surface area (Å²) >= 11 is 0. The Kier molecular flexibility index (Phi) is 2.06. The number of nitrogens with one attached hydrogen (secondary N) is 1. The highest BCUT2D eigenvalue weighted by Crippen LogP contribution is 2.17. The van der Waals surface area contributed by atoms with Crippen molar-refractivity contribution in [2.45, 2.75) is 0 Å². The van der Waals surface area contributed by atoms with Crippen molar-refractivity contribution in [3.05, 3.63) is 18.6 Å². The van der Waals surface area contributed by atoms with Crippen molar-refractivity contribution in [2.75, 3.05) is 18.1 Å². The first-order valence-electron chi connectivity index (χ1n) is 3.20. The SMILES string of the molecule is C=Cc1ncnc(NC)c1N. The third kappa shape index (κ3) is 1.29. The van der Waals surface area contributed by atoms with Crippen LogP contribution in [0.4, 0.5) is 11.5 Å². The topological polar surface area (TPSA) is 63.8 Å². The summed E-state index contributed by atoms with van der Waals surface area (Å²) in [5, 5.41) is 2.85. The lowest BCUT2D eigenvalue weighted by atomic mass is 10.3. The van der Waals surface area contributed by atoms with Crippen LogP contribution in [-0.2, 0) is 0 Å². The number of rotatable bonds is 2. The van der Waals surface area contributed by atoms with Crippen LogP contribution in [-0.4, -0.2) is 17.0 Å². The van der Waals surface area contributed by atoms with Gasteiger partial charge in [-0.1, -0.05) is 6.58 Å². The van der Waals surface area contributed by atoms with Gasteiger partial charge < -0.3 is 11.1 Å². The minimum absolute atomic E-state index is 0.532. The van der Waals surface area contributed by atoms with Crippen LogP contribution in [0.2, 0.25) is 0 Å². The van der Waals surface area contributed by atoms with Crippen LogP contribution < -0.4 is 11.1 Å². The number of nitrogens with two attached hydrogens (primary N) is 1. The van der Waals surface area contributed by atoms with Crippen LogP contribution in [0.5, 0.6) is 0 Å². The van der Waals surface area contributed by atoms with Gasteiger partial charge in [0, 0.05) is 7.05 Å². The zero-order valence-corrected chi connectivity index (χ0v) is 6.33. The maximum Gasteiger partial charge on any atom is 0.153 e. The van der Waals surface area contributed by atoms with Gasteiger partial charge in [0.05, 0.1) is 5.69 Å². The number of aromatic nitrogens is 2. The molecule has 0 aliphatic carbocycles. The minimum atomic E-state index is 0.532. The van der Waals surface area contributed by atoms with Gasteiger partial charge in [-0.25, -0.2) is 9.97 Å². The van der Waals surface area contributed by atoms with Gasteiger partial charge in [-0.3, -0.25) is 0 Å². The molecular formula is C7H10N4. The molecule has 1 aromatic rings. The number of hydrogen-bond acceptors (Lipinski definition) is 4. The van der Waals surface area contributed by atoms with Crippen molar-refractivity contribution in [3.63, 3.8) is 0 Å². The standard InChI is InChI=1S/C7H10N4/c1-3-5-6(8)7(9-2)11-4-10-5/h3-4H,1,8H2,2H3,(H,9,10,11). The van der Waals surface area contributed by atoms with Crippen LogP contribution >= 0.6 is 0 Å². The van der Waals surface area contributed by atoms with Crippen LogP contribution in [0, 0.1) is 0 Å². The van der Waals surface area contributed by atoms with E-state index in [0.717, 1.165) is 0 Å². The maximum atomic E-state index is 5.65. The molecule has 0 atom stereocenters. The number of nitrogens with zero attached hydrogens (tertiary/aromatic N) is 2. The molecule has 0 fully saturated rings. The molecule has 0 unspecified atom stereocenters. The van der Waals surface area contributed by atoms with Crippen LogP contribution in [0.1, 0.15) is 5.69 Å². The lowest BCUT2D eigenvalue weighted by molar-refractivity contribution is 1.15. The second kappa shape index (κ2) is 3.01. The zero-order chi connectivity index (χ0) is 8.27. The van der Waals surface area contributed by atoms with Gasteiger partial charge in [0.15, 0.2) is 5.82 Å². The molecule has 0 saturated carbocycles. The van der Waals surface area contributed by atoms with E-state index in [1.807, 2.05) is 0 Å². The Labute approximate surface area is 65.2 Å². The van der Waals surface area contributed by atoms with E-state index in [9.17, 15) is 0 Å². The quantitative estimate of drug-likeness (QED) is 0.652. The Morgan fingerprint density at radius 3 is 2.91 bits per heavy atom. The second-order valence-electron chi connectivity index (χ2n) is 1.98. The predicted octanol–water partition coefficient (Wildman–Crippen LogP) is 0.743. The third-order valence-electron chi connectivity index (χ3n) is 1.34. The van der Waals surface area contributed by atoms with Crippen molar-refractivity contribution in [3.8, 4) is 0 Å². The summed E-state index contributed by atoms with van der Waals surface area (Å²) in [6, 6.07) is 0. The van der Waals surface area contributed by atoms with E-state index in [2.05, 4.69) is 21.9 Å². The highest BCUT2D eigenvalue weighted by molar-refractivity contribution is 5.70. The molecule has 1 aromatic heterocycles. The third-order valence-corrected chi connectivity index (χ3v) is 1.34. The molecule has 1 heterocycles. The van der Waals surface area contributed by atoms with E-state index in [4.69, 9.17) is 5.73 Å². The molecule has 11 heavy (non-hydrogen) atoms. The highest BCUT2D eigenvalue weighted by atomic mass is 15.0. The fourth-order valence-corrected chi connectivity index (χ4v) is 0.771. The molecule has 0 aromatic carbocycles. The van der Waals surface area contributed by atoms with Gasteiger partial charge in [-0.15, -0.1) is 0 Å². The zero-order valence-electron chi connectivity index (χ0n) is 6.33. The summed E-state index contributed by atoms with van der Waals surface area (Å²) in [6.45, 7) is 3.57. The first-order chi connectivity index (χ1) is 5.29. The normalized spacial score (nSPS) is 9.18. The van der Waals surface area contributed by atoms with Crippen molar-refractivity contribution >= 4 is 17.6 Å². The largest absolute Gasteiger partial charge is 0.394 e. The van der Waals surface area contributed by atoms with Crippen LogP contribution in [0.25, 0.3) is 6.08 Å². The first-order valence-corrected chi connectivity index (χ1v) is 3.20. The molecular weight excluding hydrogens is 140 g/mol. The second-order valence-corrected chi connectivity index (χ2v) is 1.98. The summed E-state index contributed by atoms with van der Waals surface area (Å²) < 4.78 is 0. The van der Waals surface area contributed by atoms with Gasteiger partial charge >= 0.3 is 0 Å². The average Bonchev–Trinajstić information content (AvgIpc) is 2.05. The van der Waals surface area contributed by atoms with E-state index < -0.39 is 0 Å². The van der Waals surface area contributed by atoms with Gasteiger partial charge in [0.25, 0.3) is 0 Å². The molecule has 0 bridgehead atoms. The van der Waals surface area contributed by atoms with Crippen molar-refractivity contribution in [1.82, 2.24) is 9.97 Å². The number of nitrogen functional groups attached to an aromatic ring is 1. The molecule has 0 amide bonds. The molecule has 0 saturated heterocycles. The van der Waals surface area contributed by atoms with E-state index >= 15 is 0 Å². The highest BCUT2D eigenvalue weighted by Gasteiger charge is 2.01.